The third-order valence-corrected chi connectivity index (χ3v) is 4.45. The monoisotopic (exact) mass is 254 g/mol. The first-order valence-electron chi connectivity index (χ1n) is 7.89. The first-order chi connectivity index (χ1) is 8.79. The second kappa shape index (κ2) is 7.46. The summed E-state index contributed by atoms with van der Waals surface area (Å²) in [5, 5.41) is 3.39. The molecule has 0 aromatic rings. The third kappa shape index (κ3) is 4.22. The van der Waals surface area contributed by atoms with E-state index < -0.39 is 0 Å². The molecule has 0 aromatic heterocycles. The molecule has 3 atom stereocenters. The summed E-state index contributed by atoms with van der Waals surface area (Å²) in [6.45, 7) is 9.06. The molecule has 2 aliphatic heterocycles. The molecule has 18 heavy (non-hydrogen) atoms. The lowest BCUT2D eigenvalue weighted by Gasteiger charge is -2.29. The van der Waals surface area contributed by atoms with Gasteiger partial charge in [0, 0.05) is 19.1 Å². The van der Waals surface area contributed by atoms with Gasteiger partial charge in [0.05, 0.1) is 12.2 Å². The molecule has 0 aliphatic carbocycles. The summed E-state index contributed by atoms with van der Waals surface area (Å²) >= 11 is 0. The minimum atomic E-state index is 0.456. The average molecular weight is 254 g/mol. The van der Waals surface area contributed by atoms with Crippen molar-refractivity contribution in [1.82, 2.24) is 10.2 Å². The van der Waals surface area contributed by atoms with E-state index >= 15 is 0 Å². The van der Waals surface area contributed by atoms with Crippen LogP contribution in [-0.2, 0) is 4.74 Å². The fourth-order valence-electron chi connectivity index (χ4n) is 3.24. The maximum Gasteiger partial charge on any atom is 0.0707 e. The highest BCUT2D eigenvalue weighted by Gasteiger charge is 2.28. The molecule has 2 aliphatic rings. The number of nitrogens with one attached hydrogen (secondary N) is 1. The van der Waals surface area contributed by atoms with Crippen LogP contribution < -0.4 is 5.32 Å². The van der Waals surface area contributed by atoms with Crippen LogP contribution >= 0.6 is 0 Å². The van der Waals surface area contributed by atoms with E-state index in [0.717, 1.165) is 25.7 Å². The number of nitrogens with zero attached hydrogens (tertiary/aromatic N) is 1. The molecule has 3 unspecified atom stereocenters. The zero-order chi connectivity index (χ0) is 12.8. The Hall–Kier alpha value is -0.120. The molecule has 0 aromatic carbocycles. The van der Waals surface area contributed by atoms with Crippen LogP contribution in [0.25, 0.3) is 0 Å². The van der Waals surface area contributed by atoms with Gasteiger partial charge in [0.1, 0.15) is 0 Å². The van der Waals surface area contributed by atoms with Gasteiger partial charge in [-0.15, -0.1) is 0 Å². The third-order valence-electron chi connectivity index (χ3n) is 4.45. The van der Waals surface area contributed by atoms with E-state index in [4.69, 9.17) is 4.74 Å². The van der Waals surface area contributed by atoms with Crippen molar-refractivity contribution in [3.05, 3.63) is 0 Å². The molecule has 2 fully saturated rings. The van der Waals surface area contributed by atoms with Gasteiger partial charge >= 0.3 is 0 Å². The minimum absolute atomic E-state index is 0.456. The standard InChI is InChI=1S/C15H30N2O/c1-3-16-11-14-8-9-15(18-14)12-17-10-6-4-5-7-13(17)2/h13-16H,3-12H2,1-2H3. The SMILES string of the molecule is CCNCC1CCC(CN2CCCCCC2C)O1. The molecular weight excluding hydrogens is 224 g/mol. The number of rotatable bonds is 5. The molecule has 2 heterocycles. The lowest BCUT2D eigenvalue weighted by Crippen LogP contribution is -2.39. The first-order valence-corrected chi connectivity index (χ1v) is 7.89. The Bertz CT molecular complexity index is 235. The zero-order valence-corrected chi connectivity index (χ0v) is 12.2. The zero-order valence-electron chi connectivity index (χ0n) is 12.2. The second-order valence-electron chi connectivity index (χ2n) is 5.96. The summed E-state index contributed by atoms with van der Waals surface area (Å²) in [7, 11) is 0. The van der Waals surface area contributed by atoms with Crippen molar-refractivity contribution in [2.75, 3.05) is 26.2 Å². The van der Waals surface area contributed by atoms with E-state index in [1.165, 1.54) is 45.1 Å². The molecule has 1 N–H and O–H groups in total. The summed E-state index contributed by atoms with van der Waals surface area (Å²) in [5.74, 6) is 0. The molecule has 0 saturated carbocycles. The van der Waals surface area contributed by atoms with Crippen molar-refractivity contribution in [3.63, 3.8) is 0 Å². The molecular formula is C15H30N2O. The molecule has 0 spiro atoms. The van der Waals surface area contributed by atoms with Crippen molar-refractivity contribution in [1.29, 1.82) is 0 Å². The smallest absolute Gasteiger partial charge is 0.0707 e. The summed E-state index contributed by atoms with van der Waals surface area (Å²) < 4.78 is 6.15. The largest absolute Gasteiger partial charge is 0.372 e. The van der Waals surface area contributed by atoms with Gasteiger partial charge in [-0.05, 0) is 45.7 Å². The van der Waals surface area contributed by atoms with Crippen LogP contribution in [0.2, 0.25) is 0 Å². The van der Waals surface area contributed by atoms with Gasteiger partial charge in [-0.3, -0.25) is 4.90 Å². The lowest BCUT2D eigenvalue weighted by molar-refractivity contribution is 0.0166. The fourth-order valence-corrected chi connectivity index (χ4v) is 3.24. The summed E-state index contributed by atoms with van der Waals surface area (Å²) in [4.78, 5) is 2.66. The Kier molecular flexibility index (Phi) is 5.93. The molecule has 106 valence electrons. The Balaban J connectivity index is 1.72. The maximum atomic E-state index is 6.15. The van der Waals surface area contributed by atoms with Gasteiger partial charge in [0.25, 0.3) is 0 Å². The Morgan fingerprint density at radius 3 is 2.78 bits per heavy atom. The number of hydrogen-bond donors (Lipinski definition) is 1. The number of likely N-dealkylation sites (tertiary alicyclic amines) is 1. The highest BCUT2D eigenvalue weighted by Crippen LogP contribution is 2.23. The van der Waals surface area contributed by atoms with Gasteiger partial charge in [-0.1, -0.05) is 19.8 Å². The maximum absolute atomic E-state index is 6.15. The fraction of sp³-hybridized carbons (Fsp3) is 1.00. The van der Waals surface area contributed by atoms with Crippen LogP contribution in [0.1, 0.15) is 52.4 Å². The van der Waals surface area contributed by atoms with Crippen molar-refractivity contribution in [3.8, 4) is 0 Å². The number of likely N-dealkylation sites (N-methyl/N-ethyl adjacent to an activating group) is 1. The summed E-state index contributed by atoms with van der Waals surface area (Å²) in [6.07, 6.45) is 8.98. The predicted molar refractivity (Wildman–Crippen MR) is 75.9 cm³/mol. The highest BCUT2D eigenvalue weighted by atomic mass is 16.5. The predicted octanol–water partition coefficient (Wildman–Crippen LogP) is 2.41. The molecule has 0 radical (unpaired) electrons. The molecule has 2 saturated heterocycles. The van der Waals surface area contributed by atoms with Crippen LogP contribution in [-0.4, -0.2) is 49.3 Å². The van der Waals surface area contributed by atoms with Crippen molar-refractivity contribution < 1.29 is 4.74 Å². The van der Waals surface area contributed by atoms with Gasteiger partial charge in [0.2, 0.25) is 0 Å². The molecule has 3 nitrogen and oxygen atoms in total. The van der Waals surface area contributed by atoms with Gasteiger partial charge in [0.15, 0.2) is 0 Å². The molecule has 0 bridgehead atoms. The summed E-state index contributed by atoms with van der Waals surface area (Å²) in [5.41, 5.74) is 0. The van der Waals surface area contributed by atoms with E-state index in [-0.39, 0.29) is 0 Å². The van der Waals surface area contributed by atoms with Crippen LogP contribution in [0, 0.1) is 0 Å². The normalized spacial score (nSPS) is 34.7. The van der Waals surface area contributed by atoms with E-state index in [0.29, 0.717) is 12.2 Å². The Morgan fingerprint density at radius 1 is 1.11 bits per heavy atom. The van der Waals surface area contributed by atoms with E-state index in [9.17, 15) is 0 Å². The molecule has 0 amide bonds. The van der Waals surface area contributed by atoms with Crippen LogP contribution in [0.4, 0.5) is 0 Å². The average Bonchev–Trinajstić information content (AvgIpc) is 2.72. The van der Waals surface area contributed by atoms with E-state index in [1.54, 1.807) is 0 Å². The van der Waals surface area contributed by atoms with Crippen molar-refractivity contribution >= 4 is 0 Å². The van der Waals surface area contributed by atoms with E-state index in [2.05, 4.69) is 24.1 Å². The Morgan fingerprint density at radius 2 is 1.94 bits per heavy atom. The number of hydrogen-bond acceptors (Lipinski definition) is 3. The van der Waals surface area contributed by atoms with Gasteiger partial charge in [-0.25, -0.2) is 0 Å². The molecule has 2 rings (SSSR count). The second-order valence-corrected chi connectivity index (χ2v) is 5.96. The van der Waals surface area contributed by atoms with Crippen LogP contribution in [0.3, 0.4) is 0 Å². The van der Waals surface area contributed by atoms with Gasteiger partial charge < -0.3 is 10.1 Å². The van der Waals surface area contributed by atoms with Crippen molar-refractivity contribution in [2.45, 2.75) is 70.6 Å². The summed E-state index contributed by atoms with van der Waals surface area (Å²) in [6, 6.07) is 0.754. The molecule has 3 heteroatoms. The quantitative estimate of drug-likeness (QED) is 0.815. The van der Waals surface area contributed by atoms with Crippen molar-refractivity contribution in [2.24, 2.45) is 0 Å². The van der Waals surface area contributed by atoms with Crippen LogP contribution in [0.5, 0.6) is 0 Å². The first kappa shape index (κ1) is 14.3. The highest BCUT2D eigenvalue weighted by molar-refractivity contribution is 4.80. The van der Waals surface area contributed by atoms with Gasteiger partial charge in [-0.2, -0.15) is 0 Å². The minimum Gasteiger partial charge on any atom is -0.372 e. The van der Waals surface area contributed by atoms with Crippen LogP contribution in [0.15, 0.2) is 0 Å². The number of ether oxygens (including phenoxy) is 1. The topological polar surface area (TPSA) is 24.5 Å². The lowest BCUT2D eigenvalue weighted by atomic mass is 10.1. The van der Waals surface area contributed by atoms with E-state index in [1.807, 2.05) is 0 Å². The Labute approximate surface area is 112 Å².